The number of pyridine rings is 1. The molecule has 0 aliphatic rings. The standard InChI is InChI=1S/C7H8INO3S/c1-2-13(11,12)6-3-5(8)4-9-7(6)10/h3-4H,2H2,1H3,(H,9,10). The van der Waals surface area contributed by atoms with Gasteiger partial charge in [0.15, 0.2) is 9.84 Å². The second kappa shape index (κ2) is 3.79. The molecule has 0 amide bonds. The monoisotopic (exact) mass is 313 g/mol. The molecule has 13 heavy (non-hydrogen) atoms. The molecule has 0 saturated carbocycles. The van der Waals surface area contributed by atoms with E-state index in [0.29, 0.717) is 3.57 Å². The molecule has 6 heteroatoms. The van der Waals surface area contributed by atoms with Crippen LogP contribution in [0.5, 0.6) is 0 Å². The molecule has 4 nitrogen and oxygen atoms in total. The summed E-state index contributed by atoms with van der Waals surface area (Å²) in [5, 5.41) is 0. The molecule has 1 N–H and O–H groups in total. The van der Waals surface area contributed by atoms with Crippen LogP contribution in [0.3, 0.4) is 0 Å². The Morgan fingerprint density at radius 2 is 2.15 bits per heavy atom. The van der Waals surface area contributed by atoms with Crippen LogP contribution in [0, 0.1) is 3.57 Å². The van der Waals surface area contributed by atoms with Crippen molar-refractivity contribution in [2.45, 2.75) is 11.8 Å². The summed E-state index contributed by atoms with van der Waals surface area (Å²) in [6.45, 7) is 1.51. The fraction of sp³-hybridized carbons (Fsp3) is 0.286. The zero-order valence-electron chi connectivity index (χ0n) is 6.87. The minimum absolute atomic E-state index is 0.0594. The van der Waals surface area contributed by atoms with Gasteiger partial charge in [-0.1, -0.05) is 6.92 Å². The maximum absolute atomic E-state index is 11.4. The van der Waals surface area contributed by atoms with Gasteiger partial charge in [0.1, 0.15) is 4.90 Å². The lowest BCUT2D eigenvalue weighted by Crippen LogP contribution is -2.18. The van der Waals surface area contributed by atoms with Crippen molar-refractivity contribution in [2.24, 2.45) is 0 Å². The Kier molecular flexibility index (Phi) is 3.12. The van der Waals surface area contributed by atoms with E-state index in [1.807, 2.05) is 22.6 Å². The van der Waals surface area contributed by atoms with Crippen molar-refractivity contribution in [1.29, 1.82) is 0 Å². The molecular weight excluding hydrogens is 305 g/mol. The molecule has 1 heterocycles. The molecule has 0 radical (unpaired) electrons. The SMILES string of the molecule is CCS(=O)(=O)c1cc(I)c[nH]c1=O. The first-order valence-corrected chi connectivity index (χ1v) is 6.31. The van der Waals surface area contributed by atoms with Gasteiger partial charge in [0.05, 0.1) is 5.75 Å². The molecule has 0 atom stereocenters. The maximum atomic E-state index is 11.4. The summed E-state index contributed by atoms with van der Waals surface area (Å²) < 4.78 is 23.4. The van der Waals surface area contributed by atoms with Crippen molar-refractivity contribution < 1.29 is 8.42 Å². The van der Waals surface area contributed by atoms with Crippen molar-refractivity contribution in [3.63, 3.8) is 0 Å². The van der Waals surface area contributed by atoms with E-state index in [0.717, 1.165) is 0 Å². The van der Waals surface area contributed by atoms with Crippen molar-refractivity contribution >= 4 is 32.4 Å². The van der Waals surface area contributed by atoms with Gasteiger partial charge in [0.2, 0.25) is 0 Å². The van der Waals surface area contributed by atoms with Gasteiger partial charge in [-0.2, -0.15) is 0 Å². The zero-order valence-corrected chi connectivity index (χ0v) is 9.85. The summed E-state index contributed by atoms with van der Waals surface area (Å²) in [6.07, 6.45) is 1.47. The van der Waals surface area contributed by atoms with Gasteiger partial charge in [0.25, 0.3) is 5.56 Å². The minimum Gasteiger partial charge on any atom is -0.327 e. The first-order chi connectivity index (χ1) is 5.97. The molecule has 72 valence electrons. The Morgan fingerprint density at radius 3 is 2.69 bits per heavy atom. The van der Waals surface area contributed by atoms with E-state index in [4.69, 9.17) is 0 Å². The normalized spacial score (nSPS) is 11.5. The fourth-order valence-corrected chi connectivity index (χ4v) is 2.46. The summed E-state index contributed by atoms with van der Waals surface area (Å²) in [5.74, 6) is -0.0594. The molecule has 1 rings (SSSR count). The van der Waals surface area contributed by atoms with Crippen molar-refractivity contribution in [3.05, 3.63) is 26.2 Å². The lowest BCUT2D eigenvalue weighted by Gasteiger charge is -1.99. The summed E-state index contributed by atoms with van der Waals surface area (Å²) in [7, 11) is -3.40. The first kappa shape index (κ1) is 10.7. The highest BCUT2D eigenvalue weighted by Crippen LogP contribution is 2.08. The Morgan fingerprint density at radius 1 is 1.54 bits per heavy atom. The van der Waals surface area contributed by atoms with E-state index in [9.17, 15) is 13.2 Å². The second-order valence-electron chi connectivity index (χ2n) is 2.41. The Hall–Kier alpha value is -0.370. The van der Waals surface area contributed by atoms with Crippen LogP contribution in [0.1, 0.15) is 6.92 Å². The van der Waals surface area contributed by atoms with Gasteiger partial charge in [-0.15, -0.1) is 0 Å². The molecule has 1 aromatic rings. The lowest BCUT2D eigenvalue weighted by atomic mass is 10.5. The second-order valence-corrected chi connectivity index (χ2v) is 5.91. The summed E-state index contributed by atoms with van der Waals surface area (Å²) in [6, 6.07) is 1.37. The number of hydrogen-bond donors (Lipinski definition) is 1. The molecule has 0 fully saturated rings. The topological polar surface area (TPSA) is 67.0 Å². The highest BCUT2D eigenvalue weighted by Gasteiger charge is 2.15. The molecule has 0 aliphatic heterocycles. The van der Waals surface area contributed by atoms with E-state index in [1.165, 1.54) is 19.2 Å². The average molecular weight is 313 g/mol. The molecule has 0 unspecified atom stereocenters. The van der Waals surface area contributed by atoms with Crippen LogP contribution in [0.4, 0.5) is 0 Å². The largest absolute Gasteiger partial charge is 0.327 e. The van der Waals surface area contributed by atoms with E-state index >= 15 is 0 Å². The van der Waals surface area contributed by atoms with Crippen molar-refractivity contribution in [2.75, 3.05) is 5.75 Å². The number of H-pyrrole nitrogens is 1. The molecule has 1 aromatic heterocycles. The van der Waals surface area contributed by atoms with Crippen LogP contribution >= 0.6 is 22.6 Å². The van der Waals surface area contributed by atoms with Crippen LogP contribution in [0.2, 0.25) is 0 Å². The fourth-order valence-electron chi connectivity index (χ4n) is 0.825. The third-order valence-corrected chi connectivity index (χ3v) is 3.91. The molecule has 0 bridgehead atoms. The van der Waals surface area contributed by atoms with Gasteiger partial charge in [-0.25, -0.2) is 8.42 Å². The Labute approximate surface area is 89.4 Å². The number of halogens is 1. The van der Waals surface area contributed by atoms with Crippen LogP contribution in [0.15, 0.2) is 22.0 Å². The third-order valence-electron chi connectivity index (χ3n) is 1.55. The smallest absolute Gasteiger partial charge is 0.266 e. The number of sulfone groups is 1. The number of aromatic nitrogens is 1. The number of hydrogen-bond acceptors (Lipinski definition) is 3. The molecule has 0 aliphatic carbocycles. The van der Waals surface area contributed by atoms with Gasteiger partial charge in [-0.3, -0.25) is 4.79 Å². The number of nitrogens with one attached hydrogen (secondary N) is 1. The quantitative estimate of drug-likeness (QED) is 0.820. The van der Waals surface area contributed by atoms with Crippen LogP contribution in [-0.2, 0) is 9.84 Å². The summed E-state index contributed by atoms with van der Waals surface area (Å²) in [4.78, 5) is 13.4. The third kappa shape index (κ3) is 2.31. The first-order valence-electron chi connectivity index (χ1n) is 3.58. The average Bonchev–Trinajstić information content (AvgIpc) is 2.09. The minimum atomic E-state index is -3.40. The van der Waals surface area contributed by atoms with Crippen molar-refractivity contribution in [3.8, 4) is 0 Å². The van der Waals surface area contributed by atoms with Gasteiger partial charge >= 0.3 is 0 Å². The van der Waals surface area contributed by atoms with E-state index in [1.54, 1.807) is 0 Å². The molecule has 0 spiro atoms. The number of aromatic amines is 1. The predicted molar refractivity (Wildman–Crippen MR) is 57.5 cm³/mol. The zero-order chi connectivity index (χ0) is 10.1. The van der Waals surface area contributed by atoms with E-state index < -0.39 is 15.4 Å². The lowest BCUT2D eigenvalue weighted by molar-refractivity contribution is 0.596. The number of rotatable bonds is 2. The van der Waals surface area contributed by atoms with Crippen LogP contribution in [0.25, 0.3) is 0 Å². The Bertz CT molecular complexity index is 463. The molecular formula is C7H8INO3S. The Balaban J connectivity index is 3.47. The highest BCUT2D eigenvalue weighted by molar-refractivity contribution is 14.1. The van der Waals surface area contributed by atoms with Gasteiger partial charge < -0.3 is 4.98 Å². The predicted octanol–water partition coefficient (Wildman–Crippen LogP) is 0.773. The van der Waals surface area contributed by atoms with Crippen LogP contribution in [-0.4, -0.2) is 19.2 Å². The molecule has 0 aromatic carbocycles. The molecule has 0 saturated heterocycles. The van der Waals surface area contributed by atoms with Crippen molar-refractivity contribution in [1.82, 2.24) is 4.98 Å². The highest BCUT2D eigenvalue weighted by atomic mass is 127. The van der Waals surface area contributed by atoms with Gasteiger partial charge in [0, 0.05) is 9.77 Å². The van der Waals surface area contributed by atoms with Gasteiger partial charge in [-0.05, 0) is 28.7 Å². The van der Waals surface area contributed by atoms with E-state index in [-0.39, 0.29) is 10.6 Å². The maximum Gasteiger partial charge on any atom is 0.266 e. The summed E-state index contributed by atoms with van der Waals surface area (Å²) in [5.41, 5.74) is -0.553. The van der Waals surface area contributed by atoms with Crippen LogP contribution < -0.4 is 5.56 Å². The summed E-state index contributed by atoms with van der Waals surface area (Å²) >= 11 is 1.94. The van der Waals surface area contributed by atoms with E-state index in [2.05, 4.69) is 4.98 Å².